The molecule has 0 atom stereocenters. The van der Waals surface area contributed by atoms with Crippen molar-refractivity contribution in [2.75, 3.05) is 0 Å². The van der Waals surface area contributed by atoms with Gasteiger partial charge in [0.15, 0.2) is 0 Å². The van der Waals surface area contributed by atoms with E-state index in [0.29, 0.717) is 0 Å². The molecule has 0 bridgehead atoms. The Morgan fingerprint density at radius 3 is 3.00 bits per heavy atom. The van der Waals surface area contributed by atoms with E-state index in [2.05, 4.69) is 15.3 Å². The molecule has 13 heavy (non-hydrogen) atoms. The predicted molar refractivity (Wildman–Crippen MR) is 48.3 cm³/mol. The Balaban J connectivity index is 2.64. The van der Waals surface area contributed by atoms with Crippen LogP contribution in [0.1, 0.15) is 0 Å². The molecule has 0 spiro atoms. The highest BCUT2D eigenvalue weighted by Gasteiger charge is 2.02. The molecule has 4 nitrogen and oxygen atoms in total. The molecule has 0 radical (unpaired) electrons. The summed E-state index contributed by atoms with van der Waals surface area (Å²) in [6.45, 7) is 0. The average Bonchev–Trinajstić information content (AvgIpc) is 2.56. The molecule has 0 N–H and O–H groups in total. The maximum absolute atomic E-state index is 4.33. The van der Waals surface area contributed by atoms with Gasteiger partial charge in [0.2, 0.25) is 0 Å². The lowest BCUT2D eigenvalue weighted by atomic mass is 10.2. The van der Waals surface area contributed by atoms with Gasteiger partial charge in [0.1, 0.15) is 6.33 Å². The fraction of sp³-hybridized carbons (Fsp3) is 0. The Labute approximate surface area is 73.8 Å². The summed E-state index contributed by atoms with van der Waals surface area (Å²) in [5.74, 6) is 0. The van der Waals surface area contributed by atoms with Crippen LogP contribution in [0.4, 0.5) is 0 Å². The number of fused-ring (bicyclic) bond motifs is 3. The number of hydrogen-bond donors (Lipinski definition) is 0. The fourth-order valence-corrected chi connectivity index (χ4v) is 1.45. The van der Waals surface area contributed by atoms with Crippen LogP contribution in [0.15, 0.2) is 36.8 Å². The number of benzene rings is 1. The fourth-order valence-electron chi connectivity index (χ4n) is 1.45. The molecule has 0 aliphatic carbocycles. The van der Waals surface area contributed by atoms with Gasteiger partial charge in [-0.25, -0.2) is 4.52 Å². The molecule has 0 saturated heterocycles. The quantitative estimate of drug-likeness (QED) is 0.510. The van der Waals surface area contributed by atoms with E-state index in [9.17, 15) is 0 Å². The van der Waals surface area contributed by atoms with E-state index in [0.717, 1.165) is 16.4 Å². The Bertz CT molecular complexity index is 519. The van der Waals surface area contributed by atoms with Crippen molar-refractivity contribution < 1.29 is 0 Å². The number of rotatable bonds is 0. The van der Waals surface area contributed by atoms with Gasteiger partial charge in [-0.15, -0.1) is 5.10 Å². The zero-order valence-electron chi connectivity index (χ0n) is 6.75. The zero-order valence-corrected chi connectivity index (χ0v) is 6.75. The van der Waals surface area contributed by atoms with Crippen LogP contribution < -0.4 is 0 Å². The molecule has 0 saturated carbocycles. The van der Waals surface area contributed by atoms with Crippen molar-refractivity contribution in [1.29, 1.82) is 0 Å². The molecule has 3 aromatic rings. The normalized spacial score (nSPS) is 11.1. The summed E-state index contributed by atoms with van der Waals surface area (Å²) in [4.78, 5) is 0. The van der Waals surface area contributed by atoms with Gasteiger partial charge in [0, 0.05) is 5.39 Å². The lowest BCUT2D eigenvalue weighted by molar-refractivity contribution is 0.873. The van der Waals surface area contributed by atoms with Crippen molar-refractivity contribution in [3.05, 3.63) is 36.8 Å². The second-order valence-electron chi connectivity index (χ2n) is 2.82. The molecule has 2 aromatic heterocycles. The van der Waals surface area contributed by atoms with E-state index in [-0.39, 0.29) is 0 Å². The standard InChI is InChI=1S/C9H6N4/c1-2-4-8-7(3-1)9-5-10-11-6-13(9)12-8/h1-6H. The summed E-state index contributed by atoms with van der Waals surface area (Å²) in [6.07, 6.45) is 3.32. The highest BCUT2D eigenvalue weighted by Crippen LogP contribution is 2.16. The van der Waals surface area contributed by atoms with Crippen molar-refractivity contribution in [2.24, 2.45) is 0 Å². The minimum Gasteiger partial charge on any atom is -0.218 e. The molecule has 0 aliphatic rings. The largest absolute Gasteiger partial charge is 0.218 e. The third-order valence-corrected chi connectivity index (χ3v) is 2.05. The number of nitrogens with zero attached hydrogens (tertiary/aromatic N) is 4. The molecule has 62 valence electrons. The van der Waals surface area contributed by atoms with E-state index < -0.39 is 0 Å². The van der Waals surface area contributed by atoms with Crippen LogP contribution in [0.3, 0.4) is 0 Å². The maximum atomic E-state index is 4.33. The summed E-state index contributed by atoms with van der Waals surface area (Å²) >= 11 is 0. The smallest absolute Gasteiger partial charge is 0.140 e. The van der Waals surface area contributed by atoms with Gasteiger partial charge in [-0.05, 0) is 6.07 Å². The average molecular weight is 170 g/mol. The molecule has 1 aromatic carbocycles. The SMILES string of the molecule is c1ccc2c(c1)nn1cnncc21. The van der Waals surface area contributed by atoms with E-state index in [1.54, 1.807) is 17.0 Å². The summed E-state index contributed by atoms with van der Waals surface area (Å²) in [7, 11) is 0. The van der Waals surface area contributed by atoms with Crippen LogP contribution in [0.2, 0.25) is 0 Å². The molecular formula is C9H6N4. The maximum Gasteiger partial charge on any atom is 0.140 e. The van der Waals surface area contributed by atoms with Gasteiger partial charge in [-0.3, -0.25) is 0 Å². The highest BCUT2D eigenvalue weighted by atomic mass is 15.3. The first kappa shape index (κ1) is 6.54. The van der Waals surface area contributed by atoms with Crippen LogP contribution in [-0.2, 0) is 0 Å². The minimum atomic E-state index is 0.970. The summed E-state index contributed by atoms with van der Waals surface area (Å²) < 4.78 is 1.73. The molecule has 2 heterocycles. The Morgan fingerprint density at radius 1 is 1.08 bits per heavy atom. The van der Waals surface area contributed by atoms with Crippen LogP contribution in [0, 0.1) is 0 Å². The first-order chi connectivity index (χ1) is 6.45. The van der Waals surface area contributed by atoms with Crippen LogP contribution >= 0.6 is 0 Å². The number of hydrogen-bond acceptors (Lipinski definition) is 3. The first-order valence-electron chi connectivity index (χ1n) is 3.99. The van der Waals surface area contributed by atoms with Crippen molar-refractivity contribution in [3.8, 4) is 0 Å². The lowest BCUT2D eigenvalue weighted by Gasteiger charge is -1.87. The number of aromatic nitrogens is 4. The van der Waals surface area contributed by atoms with Crippen molar-refractivity contribution in [1.82, 2.24) is 19.8 Å². The second-order valence-corrected chi connectivity index (χ2v) is 2.82. The molecule has 3 rings (SSSR count). The topological polar surface area (TPSA) is 43.1 Å². The molecule has 0 unspecified atom stereocenters. The van der Waals surface area contributed by atoms with Gasteiger partial charge in [-0.1, -0.05) is 18.2 Å². The molecular weight excluding hydrogens is 164 g/mol. The van der Waals surface area contributed by atoms with Crippen molar-refractivity contribution in [2.45, 2.75) is 0 Å². The van der Waals surface area contributed by atoms with Crippen LogP contribution in [0.5, 0.6) is 0 Å². The second kappa shape index (κ2) is 2.26. The van der Waals surface area contributed by atoms with E-state index in [4.69, 9.17) is 0 Å². The van der Waals surface area contributed by atoms with Crippen molar-refractivity contribution >= 4 is 16.4 Å². The monoisotopic (exact) mass is 170 g/mol. The highest BCUT2D eigenvalue weighted by molar-refractivity contribution is 5.93. The van der Waals surface area contributed by atoms with Crippen LogP contribution in [0.25, 0.3) is 16.4 Å². The van der Waals surface area contributed by atoms with E-state index in [1.807, 2.05) is 24.3 Å². The third-order valence-electron chi connectivity index (χ3n) is 2.05. The summed E-state index contributed by atoms with van der Waals surface area (Å²) in [5, 5.41) is 13.0. The minimum absolute atomic E-state index is 0.970. The Morgan fingerprint density at radius 2 is 2.00 bits per heavy atom. The zero-order chi connectivity index (χ0) is 8.67. The molecule has 0 amide bonds. The Kier molecular flexibility index (Phi) is 1.14. The van der Waals surface area contributed by atoms with Gasteiger partial charge in [0.25, 0.3) is 0 Å². The van der Waals surface area contributed by atoms with Crippen LogP contribution in [-0.4, -0.2) is 19.8 Å². The molecule has 0 fully saturated rings. The van der Waals surface area contributed by atoms with Gasteiger partial charge < -0.3 is 0 Å². The van der Waals surface area contributed by atoms with E-state index in [1.165, 1.54) is 0 Å². The van der Waals surface area contributed by atoms with Gasteiger partial charge in [0.05, 0.1) is 17.2 Å². The first-order valence-corrected chi connectivity index (χ1v) is 3.99. The summed E-state index contributed by atoms with van der Waals surface area (Å²) in [6, 6.07) is 7.96. The van der Waals surface area contributed by atoms with Gasteiger partial charge in [-0.2, -0.15) is 10.2 Å². The Hall–Kier alpha value is -1.97. The van der Waals surface area contributed by atoms with Crippen molar-refractivity contribution in [3.63, 3.8) is 0 Å². The molecule has 0 aliphatic heterocycles. The molecule has 4 heteroatoms. The predicted octanol–water partition coefficient (Wildman–Crippen LogP) is 1.28. The van der Waals surface area contributed by atoms with Gasteiger partial charge >= 0.3 is 0 Å². The third kappa shape index (κ3) is 0.823. The lowest BCUT2D eigenvalue weighted by Crippen LogP contribution is -1.89. The summed E-state index contributed by atoms with van der Waals surface area (Å²) in [5.41, 5.74) is 1.96. The van der Waals surface area contributed by atoms with E-state index >= 15 is 0 Å².